The third-order valence-corrected chi connectivity index (χ3v) is 6.70. The Morgan fingerprint density at radius 2 is 1.97 bits per heavy atom. The van der Waals surface area contributed by atoms with Gasteiger partial charge in [-0.2, -0.15) is 5.10 Å². The largest absolute Gasteiger partial charge is 0.495 e. The Kier molecular flexibility index (Phi) is 6.33. The zero-order valence-electron chi connectivity index (χ0n) is 20.0. The van der Waals surface area contributed by atoms with Gasteiger partial charge in [0.2, 0.25) is 0 Å². The third kappa shape index (κ3) is 4.37. The van der Waals surface area contributed by atoms with Gasteiger partial charge in [-0.15, -0.1) is 0 Å². The lowest BCUT2D eigenvalue weighted by atomic mass is 9.93. The molecular formula is C28H28N4O4. The van der Waals surface area contributed by atoms with Crippen molar-refractivity contribution in [2.45, 2.75) is 38.3 Å². The Bertz CT molecular complexity index is 1460. The summed E-state index contributed by atoms with van der Waals surface area (Å²) in [6.07, 6.45) is 3.26. The highest BCUT2D eigenvalue weighted by Gasteiger charge is 2.24. The number of fused-ring (bicyclic) bond motifs is 1. The van der Waals surface area contributed by atoms with Crippen LogP contribution in [0.25, 0.3) is 22.0 Å². The second kappa shape index (κ2) is 9.73. The molecule has 0 spiro atoms. The number of nitrogens with one attached hydrogen (secondary N) is 1. The van der Waals surface area contributed by atoms with Gasteiger partial charge in [0.15, 0.2) is 0 Å². The molecule has 1 heterocycles. The summed E-state index contributed by atoms with van der Waals surface area (Å²) in [6.45, 7) is 0.209. The number of para-hydroxylation sites is 2. The van der Waals surface area contributed by atoms with Gasteiger partial charge in [0, 0.05) is 16.5 Å². The van der Waals surface area contributed by atoms with Gasteiger partial charge in [0.1, 0.15) is 29.6 Å². The number of aliphatic carboxylic acids is 1. The van der Waals surface area contributed by atoms with Crippen molar-refractivity contribution >= 4 is 22.7 Å². The lowest BCUT2D eigenvalue weighted by Gasteiger charge is -2.26. The van der Waals surface area contributed by atoms with E-state index in [1.54, 1.807) is 31.4 Å². The Labute approximate surface area is 208 Å². The Balaban J connectivity index is 1.56. The number of nitrogen functional groups attached to an aromatic ring is 1. The monoisotopic (exact) mass is 484 g/mol. The van der Waals surface area contributed by atoms with E-state index in [1.807, 2.05) is 24.3 Å². The highest BCUT2D eigenvalue weighted by atomic mass is 16.5. The summed E-state index contributed by atoms with van der Waals surface area (Å²) >= 11 is 0. The number of ether oxygens (including phenoxy) is 2. The number of aromatic nitrogens is 2. The molecule has 0 aliphatic heterocycles. The molecule has 4 N–H and O–H groups in total. The number of methoxy groups -OCH3 is 1. The summed E-state index contributed by atoms with van der Waals surface area (Å²) in [5.41, 5.74) is 10.5. The Hall–Kier alpha value is -4.33. The molecule has 0 bridgehead atoms. The number of benzene rings is 3. The molecule has 4 aromatic rings. The fraction of sp³-hybridized carbons (Fsp3) is 0.250. The average Bonchev–Trinajstić information content (AvgIpc) is 3.18. The van der Waals surface area contributed by atoms with E-state index < -0.39 is 5.97 Å². The number of nitrogens with two attached hydrogens (primary N) is 1. The number of hydrogen-bond acceptors (Lipinski definition) is 5. The van der Waals surface area contributed by atoms with E-state index in [9.17, 15) is 9.90 Å². The first-order valence-corrected chi connectivity index (χ1v) is 11.9. The molecule has 8 heteroatoms. The Morgan fingerprint density at radius 3 is 2.67 bits per heavy atom. The van der Waals surface area contributed by atoms with Gasteiger partial charge in [-0.1, -0.05) is 36.4 Å². The summed E-state index contributed by atoms with van der Waals surface area (Å²) in [7, 11) is 1.58. The molecule has 0 amide bonds. The van der Waals surface area contributed by atoms with Gasteiger partial charge >= 0.3 is 5.97 Å². The number of amidine groups is 1. The van der Waals surface area contributed by atoms with Crippen molar-refractivity contribution in [3.05, 3.63) is 77.5 Å². The van der Waals surface area contributed by atoms with E-state index in [-0.39, 0.29) is 18.9 Å². The van der Waals surface area contributed by atoms with Gasteiger partial charge in [-0.25, -0.2) is 0 Å². The predicted molar refractivity (Wildman–Crippen MR) is 138 cm³/mol. The molecule has 0 unspecified atom stereocenters. The minimum atomic E-state index is -0.905. The SMILES string of the molecule is COc1c(C(=N)N)cccc1-c1ccc2c(c1)c(COc1ccccc1CC(=O)O)nn2C1CCC1. The molecular weight excluding hydrogens is 456 g/mol. The minimum Gasteiger partial charge on any atom is -0.495 e. The maximum Gasteiger partial charge on any atom is 0.307 e. The molecule has 36 heavy (non-hydrogen) atoms. The smallest absolute Gasteiger partial charge is 0.307 e. The first-order valence-electron chi connectivity index (χ1n) is 11.9. The maximum atomic E-state index is 11.3. The molecule has 3 aromatic carbocycles. The second-order valence-corrected chi connectivity index (χ2v) is 8.97. The third-order valence-electron chi connectivity index (χ3n) is 6.70. The fourth-order valence-corrected chi connectivity index (χ4v) is 4.68. The fourth-order valence-electron chi connectivity index (χ4n) is 4.68. The summed E-state index contributed by atoms with van der Waals surface area (Å²) in [6, 6.07) is 19.3. The average molecular weight is 485 g/mol. The second-order valence-electron chi connectivity index (χ2n) is 8.97. The van der Waals surface area contributed by atoms with Crippen LogP contribution < -0.4 is 15.2 Å². The van der Waals surface area contributed by atoms with E-state index in [0.717, 1.165) is 40.6 Å². The van der Waals surface area contributed by atoms with Crippen molar-refractivity contribution in [1.29, 1.82) is 5.41 Å². The lowest BCUT2D eigenvalue weighted by Crippen LogP contribution is -2.18. The van der Waals surface area contributed by atoms with E-state index in [1.165, 1.54) is 6.42 Å². The normalized spacial score (nSPS) is 13.4. The highest BCUT2D eigenvalue weighted by molar-refractivity contribution is 6.00. The summed E-state index contributed by atoms with van der Waals surface area (Å²) in [5.74, 6) is 0.133. The molecule has 1 fully saturated rings. The molecule has 1 aromatic heterocycles. The van der Waals surface area contributed by atoms with Gasteiger partial charge in [-0.05, 0) is 49.1 Å². The molecule has 8 nitrogen and oxygen atoms in total. The summed E-state index contributed by atoms with van der Waals surface area (Å²) in [4.78, 5) is 11.3. The lowest BCUT2D eigenvalue weighted by molar-refractivity contribution is -0.136. The van der Waals surface area contributed by atoms with Crippen LogP contribution in [-0.4, -0.2) is 33.8 Å². The Morgan fingerprint density at radius 1 is 1.17 bits per heavy atom. The maximum absolute atomic E-state index is 11.3. The van der Waals surface area contributed by atoms with E-state index in [0.29, 0.717) is 28.7 Å². The van der Waals surface area contributed by atoms with Crippen molar-refractivity contribution in [3.8, 4) is 22.6 Å². The van der Waals surface area contributed by atoms with Crippen LogP contribution in [0.3, 0.4) is 0 Å². The first kappa shape index (κ1) is 23.4. The van der Waals surface area contributed by atoms with Crippen molar-refractivity contribution in [2.24, 2.45) is 5.73 Å². The van der Waals surface area contributed by atoms with Gasteiger partial charge in [0.25, 0.3) is 0 Å². The number of nitrogens with zero attached hydrogens (tertiary/aromatic N) is 2. The molecule has 1 saturated carbocycles. The molecule has 1 aliphatic carbocycles. The number of hydrogen-bond donors (Lipinski definition) is 3. The predicted octanol–water partition coefficient (Wildman–Crippen LogP) is 4.93. The molecule has 0 saturated heterocycles. The molecule has 184 valence electrons. The van der Waals surface area contributed by atoms with Crippen LogP contribution in [0.2, 0.25) is 0 Å². The van der Waals surface area contributed by atoms with Crippen LogP contribution in [0.5, 0.6) is 11.5 Å². The van der Waals surface area contributed by atoms with Gasteiger partial charge in [-0.3, -0.25) is 14.9 Å². The van der Waals surface area contributed by atoms with Crippen LogP contribution in [0, 0.1) is 5.41 Å². The number of carboxylic acids is 1. The molecule has 0 atom stereocenters. The van der Waals surface area contributed by atoms with E-state index in [4.69, 9.17) is 25.7 Å². The quantitative estimate of drug-likeness (QED) is 0.229. The topological polar surface area (TPSA) is 123 Å². The van der Waals surface area contributed by atoms with Crippen molar-refractivity contribution in [1.82, 2.24) is 9.78 Å². The van der Waals surface area contributed by atoms with Gasteiger partial charge < -0.3 is 20.3 Å². The summed E-state index contributed by atoms with van der Waals surface area (Å²) < 4.78 is 13.8. The highest BCUT2D eigenvalue weighted by Crippen LogP contribution is 2.38. The minimum absolute atomic E-state index is 0.0540. The zero-order valence-corrected chi connectivity index (χ0v) is 20.0. The van der Waals surface area contributed by atoms with Crippen LogP contribution in [0.15, 0.2) is 60.7 Å². The van der Waals surface area contributed by atoms with Crippen molar-refractivity contribution < 1.29 is 19.4 Å². The van der Waals surface area contributed by atoms with Crippen LogP contribution in [0.4, 0.5) is 0 Å². The molecule has 0 radical (unpaired) electrons. The standard InChI is InChI=1S/C28H28N4O4/c1-35-27-20(9-5-10-21(27)28(29)30)17-12-13-24-22(14-17)23(31-32(24)19-7-4-8-19)16-36-25-11-3-2-6-18(25)15-26(33)34/h2-3,5-6,9-14,19H,4,7-8,15-16H2,1H3,(H3,29,30)(H,33,34). The van der Waals surface area contributed by atoms with Crippen LogP contribution >= 0.6 is 0 Å². The summed E-state index contributed by atoms with van der Waals surface area (Å²) in [5, 5.41) is 23.1. The van der Waals surface area contributed by atoms with E-state index in [2.05, 4.69) is 16.8 Å². The number of carboxylic acid groups (broad SMARTS) is 1. The van der Waals surface area contributed by atoms with Gasteiger partial charge in [0.05, 0.1) is 30.7 Å². The van der Waals surface area contributed by atoms with Crippen molar-refractivity contribution in [2.75, 3.05) is 7.11 Å². The van der Waals surface area contributed by atoms with Crippen LogP contribution in [-0.2, 0) is 17.8 Å². The van der Waals surface area contributed by atoms with E-state index >= 15 is 0 Å². The van der Waals surface area contributed by atoms with Crippen molar-refractivity contribution in [3.63, 3.8) is 0 Å². The first-order chi connectivity index (χ1) is 17.5. The number of carbonyl (C=O) groups is 1. The number of rotatable bonds is 9. The van der Waals surface area contributed by atoms with Crippen LogP contribution in [0.1, 0.15) is 42.1 Å². The molecule has 5 rings (SSSR count). The zero-order chi connectivity index (χ0) is 25.2. The molecule has 1 aliphatic rings.